The molecule has 1 aromatic carbocycles. The molecule has 0 spiro atoms. The highest BCUT2D eigenvalue weighted by molar-refractivity contribution is 5.59. The van der Waals surface area contributed by atoms with Crippen molar-refractivity contribution in [3.05, 3.63) is 45.9 Å². The van der Waals surface area contributed by atoms with E-state index >= 15 is 0 Å². The zero-order valence-electron chi connectivity index (χ0n) is 17.1. The Morgan fingerprint density at radius 2 is 1.82 bits per heavy atom. The van der Waals surface area contributed by atoms with Crippen LogP contribution in [0.2, 0.25) is 0 Å². The number of nitrogens with zero attached hydrogens (tertiary/aromatic N) is 4. The van der Waals surface area contributed by atoms with Gasteiger partial charge in [-0.1, -0.05) is 19.8 Å². The second-order valence-electron chi connectivity index (χ2n) is 7.73. The van der Waals surface area contributed by atoms with Gasteiger partial charge in [0, 0.05) is 23.0 Å². The van der Waals surface area contributed by atoms with Crippen LogP contribution in [0.25, 0.3) is 0 Å². The predicted octanol–water partition coefficient (Wildman–Crippen LogP) is 3.82. The van der Waals surface area contributed by atoms with Gasteiger partial charge in [-0.05, 0) is 57.4 Å². The molecule has 2 aromatic rings. The highest BCUT2D eigenvalue weighted by atomic mass is 16.5. The van der Waals surface area contributed by atoms with E-state index in [9.17, 15) is 4.79 Å². The molecule has 0 bridgehead atoms. The average Bonchev–Trinajstić information content (AvgIpc) is 3.24. The van der Waals surface area contributed by atoms with Crippen molar-refractivity contribution in [1.82, 2.24) is 14.5 Å². The number of rotatable bonds is 5. The van der Waals surface area contributed by atoms with Crippen LogP contribution in [0.4, 0.5) is 11.6 Å². The van der Waals surface area contributed by atoms with Crippen LogP contribution in [0.1, 0.15) is 50.8 Å². The zero-order valence-corrected chi connectivity index (χ0v) is 17.1. The van der Waals surface area contributed by atoms with Crippen molar-refractivity contribution >= 4 is 11.6 Å². The number of hydrogen-bond acceptors (Lipinski definition) is 5. The molecule has 0 radical (unpaired) electrons. The summed E-state index contributed by atoms with van der Waals surface area (Å²) >= 11 is 0. The standard InChI is InChI=1S/C22H30N4O2/c1-4-20-16(3)23-22-25(18-10-12-19(13-11-18)28-5-2)14-24(15-26(22)21(20)27)17-8-6-7-9-17/h10-13,17H,4-9,14-15H2,1-3H3. The molecule has 150 valence electrons. The topological polar surface area (TPSA) is 50.6 Å². The third kappa shape index (κ3) is 3.41. The fraction of sp³-hybridized carbons (Fsp3) is 0.545. The predicted molar refractivity (Wildman–Crippen MR) is 111 cm³/mol. The Morgan fingerprint density at radius 1 is 1.11 bits per heavy atom. The summed E-state index contributed by atoms with van der Waals surface area (Å²) in [5.74, 6) is 1.61. The van der Waals surface area contributed by atoms with Crippen LogP contribution in [0.15, 0.2) is 29.1 Å². The summed E-state index contributed by atoms with van der Waals surface area (Å²) in [5.41, 5.74) is 2.80. The molecule has 0 atom stereocenters. The summed E-state index contributed by atoms with van der Waals surface area (Å²) in [6.07, 6.45) is 5.68. The van der Waals surface area contributed by atoms with Gasteiger partial charge in [-0.3, -0.25) is 19.2 Å². The molecule has 6 heteroatoms. The van der Waals surface area contributed by atoms with E-state index in [0.29, 0.717) is 25.7 Å². The van der Waals surface area contributed by atoms with E-state index in [4.69, 9.17) is 9.72 Å². The van der Waals surface area contributed by atoms with Crippen molar-refractivity contribution in [3.8, 4) is 5.75 Å². The number of fused-ring (bicyclic) bond motifs is 1. The first-order valence-electron chi connectivity index (χ1n) is 10.5. The summed E-state index contributed by atoms with van der Waals surface area (Å²) in [6, 6.07) is 8.63. The molecule has 4 rings (SSSR count). The number of hydrogen-bond donors (Lipinski definition) is 0. The SMILES string of the molecule is CCOc1ccc(N2CN(C3CCCC3)Cn3c2nc(C)c(CC)c3=O)cc1. The highest BCUT2D eigenvalue weighted by Gasteiger charge is 2.32. The van der Waals surface area contributed by atoms with Crippen LogP contribution in [-0.2, 0) is 13.1 Å². The lowest BCUT2D eigenvalue weighted by molar-refractivity contribution is 0.138. The molecule has 1 aliphatic heterocycles. The summed E-state index contributed by atoms with van der Waals surface area (Å²) in [4.78, 5) is 22.7. The van der Waals surface area contributed by atoms with Crippen molar-refractivity contribution in [2.24, 2.45) is 0 Å². The van der Waals surface area contributed by atoms with Gasteiger partial charge in [0.15, 0.2) is 0 Å². The van der Waals surface area contributed by atoms with Gasteiger partial charge in [0.2, 0.25) is 5.95 Å². The number of anilines is 2. The monoisotopic (exact) mass is 382 g/mol. The Bertz CT molecular complexity index is 885. The van der Waals surface area contributed by atoms with Crippen molar-refractivity contribution in [1.29, 1.82) is 0 Å². The maximum absolute atomic E-state index is 13.2. The lowest BCUT2D eigenvalue weighted by atomic mass is 10.1. The van der Waals surface area contributed by atoms with Gasteiger partial charge in [0.25, 0.3) is 5.56 Å². The largest absolute Gasteiger partial charge is 0.494 e. The second kappa shape index (κ2) is 7.95. The molecule has 1 aromatic heterocycles. The lowest BCUT2D eigenvalue weighted by Gasteiger charge is -2.41. The van der Waals surface area contributed by atoms with E-state index in [2.05, 4.69) is 21.9 Å². The van der Waals surface area contributed by atoms with Crippen LogP contribution in [0, 0.1) is 6.92 Å². The minimum atomic E-state index is 0.101. The Kier molecular flexibility index (Phi) is 5.40. The minimum absolute atomic E-state index is 0.101. The van der Waals surface area contributed by atoms with Crippen molar-refractivity contribution in [2.45, 2.75) is 65.6 Å². The van der Waals surface area contributed by atoms with Gasteiger partial charge >= 0.3 is 0 Å². The van der Waals surface area contributed by atoms with Crippen molar-refractivity contribution in [3.63, 3.8) is 0 Å². The quantitative estimate of drug-likeness (QED) is 0.787. The first-order chi connectivity index (χ1) is 13.6. The van der Waals surface area contributed by atoms with Gasteiger partial charge in [0.05, 0.1) is 19.9 Å². The smallest absolute Gasteiger partial charge is 0.259 e. The zero-order chi connectivity index (χ0) is 19.7. The van der Waals surface area contributed by atoms with E-state index in [1.54, 1.807) is 0 Å². The number of aryl methyl sites for hydroxylation is 1. The number of benzene rings is 1. The van der Waals surface area contributed by atoms with E-state index in [0.717, 1.165) is 35.3 Å². The second-order valence-corrected chi connectivity index (χ2v) is 7.73. The summed E-state index contributed by atoms with van der Waals surface area (Å²) in [6.45, 7) is 8.00. The first-order valence-corrected chi connectivity index (χ1v) is 10.5. The van der Waals surface area contributed by atoms with Crippen molar-refractivity contribution in [2.75, 3.05) is 18.2 Å². The molecule has 2 heterocycles. The fourth-order valence-electron chi connectivity index (χ4n) is 4.48. The van der Waals surface area contributed by atoms with E-state index < -0.39 is 0 Å². The third-order valence-electron chi connectivity index (χ3n) is 5.99. The van der Waals surface area contributed by atoms with Gasteiger partial charge in [-0.25, -0.2) is 4.98 Å². The Morgan fingerprint density at radius 3 is 2.46 bits per heavy atom. The Balaban J connectivity index is 1.77. The molecular formula is C22H30N4O2. The van der Waals surface area contributed by atoms with Gasteiger partial charge < -0.3 is 4.74 Å². The molecular weight excluding hydrogens is 352 g/mol. The molecule has 0 N–H and O–H groups in total. The average molecular weight is 383 g/mol. The maximum Gasteiger partial charge on any atom is 0.259 e. The molecule has 6 nitrogen and oxygen atoms in total. The minimum Gasteiger partial charge on any atom is -0.494 e. The Labute approximate surface area is 166 Å². The van der Waals surface area contributed by atoms with Crippen LogP contribution >= 0.6 is 0 Å². The highest BCUT2D eigenvalue weighted by Crippen LogP contribution is 2.32. The van der Waals surface area contributed by atoms with Crippen LogP contribution in [0.5, 0.6) is 5.75 Å². The molecule has 0 saturated heterocycles. The van der Waals surface area contributed by atoms with E-state index in [-0.39, 0.29) is 5.56 Å². The third-order valence-corrected chi connectivity index (χ3v) is 5.99. The van der Waals surface area contributed by atoms with Crippen molar-refractivity contribution < 1.29 is 4.74 Å². The first kappa shape index (κ1) is 19.0. The molecule has 1 saturated carbocycles. The van der Waals surface area contributed by atoms with E-state index in [1.807, 2.05) is 37.5 Å². The molecule has 0 amide bonds. The normalized spacial score (nSPS) is 17.8. The van der Waals surface area contributed by atoms with E-state index in [1.165, 1.54) is 25.7 Å². The van der Waals surface area contributed by atoms with Crippen LogP contribution < -0.4 is 15.2 Å². The van der Waals surface area contributed by atoms with Gasteiger partial charge in [-0.15, -0.1) is 0 Å². The van der Waals surface area contributed by atoms with Gasteiger partial charge in [0.1, 0.15) is 5.75 Å². The molecule has 1 fully saturated rings. The lowest BCUT2D eigenvalue weighted by Crippen LogP contribution is -2.51. The molecule has 0 unspecified atom stereocenters. The maximum atomic E-state index is 13.2. The summed E-state index contributed by atoms with van der Waals surface area (Å²) in [7, 11) is 0. The summed E-state index contributed by atoms with van der Waals surface area (Å²) in [5, 5.41) is 0. The van der Waals surface area contributed by atoms with Crippen LogP contribution in [0.3, 0.4) is 0 Å². The summed E-state index contributed by atoms with van der Waals surface area (Å²) < 4.78 is 7.45. The molecule has 28 heavy (non-hydrogen) atoms. The Hall–Kier alpha value is -2.34. The fourth-order valence-corrected chi connectivity index (χ4v) is 4.48. The molecule has 2 aliphatic rings. The number of aromatic nitrogens is 2. The van der Waals surface area contributed by atoms with Crippen LogP contribution in [-0.4, -0.2) is 33.8 Å². The molecule has 1 aliphatic carbocycles. The van der Waals surface area contributed by atoms with Gasteiger partial charge in [-0.2, -0.15) is 0 Å². The number of ether oxygens (including phenoxy) is 1.